The summed E-state index contributed by atoms with van der Waals surface area (Å²) >= 11 is 0. The van der Waals surface area contributed by atoms with Crippen molar-refractivity contribution in [1.82, 2.24) is 4.90 Å². The highest BCUT2D eigenvalue weighted by molar-refractivity contribution is 5.77. The third-order valence-corrected chi connectivity index (χ3v) is 6.57. The van der Waals surface area contributed by atoms with E-state index in [1.807, 2.05) is 30.3 Å². The predicted octanol–water partition coefficient (Wildman–Crippen LogP) is 2.82. The fourth-order valence-electron chi connectivity index (χ4n) is 4.54. The van der Waals surface area contributed by atoms with Gasteiger partial charge in [0.05, 0.1) is 7.11 Å². The summed E-state index contributed by atoms with van der Waals surface area (Å²) in [5, 5.41) is 0. The van der Waals surface area contributed by atoms with Crippen LogP contribution in [0.2, 0.25) is 0 Å². The molecule has 1 heterocycles. The van der Waals surface area contributed by atoms with Gasteiger partial charge in [0.15, 0.2) is 18.3 Å². The van der Waals surface area contributed by atoms with Crippen LogP contribution >= 0.6 is 0 Å². The Morgan fingerprint density at radius 3 is 1.93 bits per heavy atom. The Labute approximate surface area is 239 Å². The zero-order valence-corrected chi connectivity index (χ0v) is 24.1. The van der Waals surface area contributed by atoms with Crippen LogP contribution in [0.5, 0.6) is 5.75 Å². The molecule has 0 bridgehead atoms. The Morgan fingerprint density at radius 1 is 0.805 bits per heavy atom. The number of nitrogens with zero attached hydrogens (tertiary/aromatic N) is 1. The lowest BCUT2D eigenvalue weighted by molar-refractivity contribution is -0.282. The van der Waals surface area contributed by atoms with Gasteiger partial charge in [-0.2, -0.15) is 0 Å². The number of hydrogen-bond acceptors (Lipinski definition) is 11. The maximum atomic E-state index is 12.6. The number of benzene rings is 2. The summed E-state index contributed by atoms with van der Waals surface area (Å²) in [6.45, 7) is 6.36. The van der Waals surface area contributed by atoms with Gasteiger partial charge in [-0.05, 0) is 43.7 Å². The lowest BCUT2D eigenvalue weighted by atomic mass is 9.97. The number of rotatable bonds is 11. The molecule has 0 N–H and O–H groups in total. The second-order valence-electron chi connectivity index (χ2n) is 9.89. The van der Waals surface area contributed by atoms with E-state index in [1.54, 1.807) is 12.1 Å². The van der Waals surface area contributed by atoms with Crippen LogP contribution in [0, 0.1) is 0 Å². The van der Waals surface area contributed by atoms with Gasteiger partial charge < -0.3 is 28.4 Å². The van der Waals surface area contributed by atoms with E-state index < -0.39 is 54.6 Å². The maximum Gasteiger partial charge on any atom is 0.339 e. The lowest BCUT2D eigenvalue weighted by Gasteiger charge is -2.43. The minimum atomic E-state index is -1.52. The van der Waals surface area contributed by atoms with E-state index in [4.69, 9.17) is 28.4 Å². The molecule has 0 aromatic heterocycles. The number of likely N-dealkylation sites (N-methyl/N-ethyl adjacent to an activating group) is 1. The van der Waals surface area contributed by atoms with Crippen LogP contribution in [0.3, 0.4) is 0 Å². The van der Waals surface area contributed by atoms with Crippen molar-refractivity contribution < 1.29 is 47.6 Å². The van der Waals surface area contributed by atoms with E-state index in [2.05, 4.69) is 31.0 Å². The van der Waals surface area contributed by atoms with Crippen molar-refractivity contribution in [3.63, 3.8) is 0 Å². The summed E-state index contributed by atoms with van der Waals surface area (Å²) in [5.74, 6) is -2.81. The number of esters is 4. The summed E-state index contributed by atoms with van der Waals surface area (Å²) < 4.78 is 32.7. The number of methoxy groups -OCH3 is 1. The fourth-order valence-corrected chi connectivity index (χ4v) is 4.54. The van der Waals surface area contributed by atoms with Crippen molar-refractivity contribution in [1.29, 1.82) is 0 Å². The van der Waals surface area contributed by atoms with Gasteiger partial charge in [0.1, 0.15) is 5.75 Å². The molecule has 3 rings (SSSR count). The zero-order chi connectivity index (χ0) is 30.1. The molecule has 1 aliphatic heterocycles. The molecule has 0 aliphatic carbocycles. The molecule has 0 saturated carbocycles. The van der Waals surface area contributed by atoms with Crippen molar-refractivity contribution in [2.75, 3.05) is 14.2 Å². The van der Waals surface area contributed by atoms with Gasteiger partial charge in [-0.25, -0.2) is 4.79 Å². The minimum Gasteiger partial charge on any atom is -0.467 e. The number of hydrogen-bond donors (Lipinski definition) is 0. The molecule has 11 heteroatoms. The van der Waals surface area contributed by atoms with Gasteiger partial charge in [-0.15, -0.1) is 0 Å². The number of carbonyl (C=O) groups excluding carboxylic acids is 4. The number of carbonyl (C=O) groups is 4. The van der Waals surface area contributed by atoms with E-state index in [0.29, 0.717) is 5.75 Å². The Morgan fingerprint density at radius 2 is 1.37 bits per heavy atom. The first-order valence-electron chi connectivity index (χ1n) is 13.2. The van der Waals surface area contributed by atoms with Crippen molar-refractivity contribution in [2.45, 2.75) is 77.4 Å². The predicted molar refractivity (Wildman–Crippen MR) is 145 cm³/mol. The van der Waals surface area contributed by atoms with Crippen LogP contribution in [0.1, 0.15) is 38.8 Å². The summed E-state index contributed by atoms with van der Waals surface area (Å²) in [6, 6.07) is 17.7. The van der Waals surface area contributed by atoms with Crippen LogP contribution in [0.25, 0.3) is 0 Å². The zero-order valence-electron chi connectivity index (χ0n) is 24.1. The molecule has 2 aromatic rings. The van der Waals surface area contributed by atoms with Gasteiger partial charge in [-0.3, -0.25) is 19.3 Å². The third kappa shape index (κ3) is 9.02. The van der Waals surface area contributed by atoms with Gasteiger partial charge >= 0.3 is 23.9 Å². The highest BCUT2D eigenvalue weighted by Crippen LogP contribution is 2.31. The largest absolute Gasteiger partial charge is 0.467 e. The normalized spacial score (nSPS) is 22.8. The quantitative estimate of drug-likeness (QED) is 0.292. The van der Waals surface area contributed by atoms with E-state index in [1.165, 1.54) is 5.56 Å². The van der Waals surface area contributed by atoms with Crippen LogP contribution < -0.4 is 4.74 Å². The smallest absolute Gasteiger partial charge is 0.339 e. The molecule has 1 aliphatic rings. The Kier molecular flexibility index (Phi) is 11.2. The Balaban J connectivity index is 1.79. The van der Waals surface area contributed by atoms with E-state index in [0.717, 1.165) is 46.4 Å². The van der Waals surface area contributed by atoms with E-state index in [9.17, 15) is 19.2 Å². The van der Waals surface area contributed by atoms with Crippen LogP contribution in [-0.4, -0.2) is 79.7 Å². The molecule has 0 unspecified atom stereocenters. The second kappa shape index (κ2) is 14.6. The first-order chi connectivity index (χ1) is 19.5. The standard InChI is InChI=1S/C30H37NO10/c1-18(31(5)17-23-10-8-7-9-11-23)16-22-12-14-24(15-13-22)40-30-28(39-21(4)34)26(38-20(3)33)25(37-19(2)32)27(41-30)29(35)36-6/h7-15,18,25-28,30H,16-17H2,1-6H3/t18-,25-,26-,27-,28+,30+/m0/s1. The summed E-state index contributed by atoms with van der Waals surface area (Å²) in [5.41, 5.74) is 2.29. The molecule has 11 nitrogen and oxygen atoms in total. The first-order valence-corrected chi connectivity index (χ1v) is 13.2. The topological polar surface area (TPSA) is 127 Å². The van der Waals surface area contributed by atoms with Crippen molar-refractivity contribution in [3.05, 3.63) is 65.7 Å². The second-order valence-corrected chi connectivity index (χ2v) is 9.89. The molecule has 1 saturated heterocycles. The number of ether oxygens (including phenoxy) is 6. The average molecular weight is 572 g/mol. The van der Waals surface area contributed by atoms with Crippen LogP contribution in [-0.2, 0) is 55.8 Å². The molecule has 6 atom stereocenters. The first kappa shape index (κ1) is 31.6. The van der Waals surface area contributed by atoms with Gasteiger partial charge in [0.2, 0.25) is 12.4 Å². The fraction of sp³-hybridized carbons (Fsp3) is 0.467. The summed E-state index contributed by atoms with van der Waals surface area (Å²) in [6.07, 6.45) is -6.38. The SMILES string of the molecule is COC(=O)[C@H]1O[C@@H](Oc2ccc(C[C@H](C)N(C)Cc3ccccc3)cc2)[C@H](OC(C)=O)[C@@H](OC(C)=O)[C@@H]1OC(C)=O. The lowest BCUT2D eigenvalue weighted by Crippen LogP contribution is -2.64. The highest BCUT2D eigenvalue weighted by Gasteiger charge is 2.55. The summed E-state index contributed by atoms with van der Waals surface area (Å²) in [7, 11) is 3.20. The molecule has 41 heavy (non-hydrogen) atoms. The van der Waals surface area contributed by atoms with Gasteiger partial charge in [-0.1, -0.05) is 42.5 Å². The maximum absolute atomic E-state index is 12.6. The Hall–Kier alpha value is -3.96. The van der Waals surface area contributed by atoms with Gasteiger partial charge in [0, 0.05) is 33.4 Å². The Bertz CT molecular complexity index is 1190. The van der Waals surface area contributed by atoms with Gasteiger partial charge in [0.25, 0.3) is 0 Å². The molecule has 222 valence electrons. The molecule has 2 aromatic carbocycles. The average Bonchev–Trinajstić information content (AvgIpc) is 2.92. The minimum absolute atomic E-state index is 0.250. The monoisotopic (exact) mass is 571 g/mol. The van der Waals surface area contributed by atoms with Crippen LogP contribution in [0.4, 0.5) is 0 Å². The molecular formula is C30H37NO10. The third-order valence-electron chi connectivity index (χ3n) is 6.57. The van der Waals surface area contributed by atoms with Crippen molar-refractivity contribution >= 4 is 23.9 Å². The molecule has 1 fully saturated rings. The van der Waals surface area contributed by atoms with E-state index in [-0.39, 0.29) is 6.04 Å². The van der Waals surface area contributed by atoms with Crippen molar-refractivity contribution in [2.24, 2.45) is 0 Å². The highest BCUT2D eigenvalue weighted by atomic mass is 16.7. The molecule has 0 radical (unpaired) electrons. The molecular weight excluding hydrogens is 534 g/mol. The summed E-state index contributed by atoms with van der Waals surface area (Å²) in [4.78, 5) is 50.6. The van der Waals surface area contributed by atoms with Crippen molar-refractivity contribution in [3.8, 4) is 5.75 Å². The van der Waals surface area contributed by atoms with Crippen LogP contribution in [0.15, 0.2) is 54.6 Å². The van der Waals surface area contributed by atoms with E-state index >= 15 is 0 Å². The molecule has 0 amide bonds. The molecule has 0 spiro atoms.